The summed E-state index contributed by atoms with van der Waals surface area (Å²) in [5.74, 6) is -1.66. The minimum Gasteiger partial charge on any atom is -0.481 e. The van der Waals surface area contributed by atoms with Crippen LogP contribution in [0.15, 0.2) is 0 Å². The van der Waals surface area contributed by atoms with Gasteiger partial charge in [0.05, 0.1) is 11.8 Å². The van der Waals surface area contributed by atoms with Crippen molar-refractivity contribution in [3.8, 4) is 0 Å². The third-order valence-corrected chi connectivity index (χ3v) is 2.74. The number of nitrogens with zero attached hydrogens (tertiary/aromatic N) is 1. The van der Waals surface area contributed by atoms with Gasteiger partial charge in [0.1, 0.15) is 0 Å². The molecule has 0 aromatic rings. The summed E-state index contributed by atoms with van der Waals surface area (Å²) < 4.78 is 0. The molecule has 3 N–H and O–H groups in total. The van der Waals surface area contributed by atoms with E-state index in [-0.39, 0.29) is 18.4 Å². The number of nitrogens with two attached hydrogens (primary N) is 1. The number of aliphatic carboxylic acids is 1. The fraction of sp³-hybridized carbons (Fsp3) is 0.818. The highest BCUT2D eigenvalue weighted by atomic mass is 16.4. The van der Waals surface area contributed by atoms with Gasteiger partial charge in [0.2, 0.25) is 5.91 Å². The maximum absolute atomic E-state index is 11.9. The van der Waals surface area contributed by atoms with E-state index in [2.05, 4.69) is 0 Å². The van der Waals surface area contributed by atoms with Crippen molar-refractivity contribution in [3.05, 3.63) is 0 Å². The van der Waals surface area contributed by atoms with Crippen LogP contribution in [0.4, 0.5) is 0 Å². The molecule has 0 aliphatic heterocycles. The molecule has 0 bridgehead atoms. The van der Waals surface area contributed by atoms with Crippen molar-refractivity contribution in [3.63, 3.8) is 0 Å². The summed E-state index contributed by atoms with van der Waals surface area (Å²) in [6, 6.07) is 0. The van der Waals surface area contributed by atoms with Gasteiger partial charge in [-0.3, -0.25) is 9.59 Å². The fourth-order valence-electron chi connectivity index (χ4n) is 1.48. The minimum atomic E-state index is -0.882. The van der Waals surface area contributed by atoms with Crippen LogP contribution in [0.2, 0.25) is 0 Å². The zero-order chi connectivity index (χ0) is 12.7. The first-order chi connectivity index (χ1) is 7.47. The second-order valence-corrected chi connectivity index (χ2v) is 3.96. The number of hydrogen-bond acceptors (Lipinski definition) is 3. The Kier molecular flexibility index (Phi) is 6.72. The summed E-state index contributed by atoms with van der Waals surface area (Å²) in [5.41, 5.74) is 5.50. The molecule has 0 saturated heterocycles. The Morgan fingerprint density at radius 1 is 1.38 bits per heavy atom. The van der Waals surface area contributed by atoms with Crippen molar-refractivity contribution in [2.45, 2.75) is 27.2 Å². The average molecular weight is 230 g/mol. The molecule has 0 aromatic heterocycles. The normalized spacial score (nSPS) is 14.2. The summed E-state index contributed by atoms with van der Waals surface area (Å²) in [4.78, 5) is 24.2. The monoisotopic (exact) mass is 230 g/mol. The van der Waals surface area contributed by atoms with Crippen LogP contribution < -0.4 is 5.73 Å². The third kappa shape index (κ3) is 4.18. The molecule has 0 heterocycles. The van der Waals surface area contributed by atoms with E-state index >= 15 is 0 Å². The predicted molar refractivity (Wildman–Crippen MR) is 61.9 cm³/mol. The number of rotatable bonds is 7. The van der Waals surface area contributed by atoms with E-state index in [9.17, 15) is 9.59 Å². The molecule has 16 heavy (non-hydrogen) atoms. The summed E-state index contributed by atoms with van der Waals surface area (Å²) in [5, 5.41) is 8.80. The van der Waals surface area contributed by atoms with Crippen molar-refractivity contribution >= 4 is 11.9 Å². The Bertz CT molecular complexity index is 239. The van der Waals surface area contributed by atoms with Crippen molar-refractivity contribution < 1.29 is 14.7 Å². The van der Waals surface area contributed by atoms with Gasteiger partial charge >= 0.3 is 5.97 Å². The largest absolute Gasteiger partial charge is 0.481 e. The van der Waals surface area contributed by atoms with Gasteiger partial charge in [0.25, 0.3) is 0 Å². The fourth-order valence-corrected chi connectivity index (χ4v) is 1.48. The maximum Gasteiger partial charge on any atom is 0.308 e. The number of amides is 1. The Hall–Kier alpha value is -1.10. The molecule has 5 heteroatoms. The summed E-state index contributed by atoms with van der Waals surface area (Å²) in [6.07, 6.45) is 0.688. The van der Waals surface area contributed by atoms with E-state index in [1.807, 2.05) is 13.8 Å². The lowest BCUT2D eigenvalue weighted by atomic mass is 10.0. The van der Waals surface area contributed by atoms with Crippen molar-refractivity contribution in [2.24, 2.45) is 17.6 Å². The maximum atomic E-state index is 11.9. The molecule has 0 fully saturated rings. The summed E-state index contributed by atoms with van der Waals surface area (Å²) in [6.45, 7) is 6.43. The molecule has 0 spiro atoms. The minimum absolute atomic E-state index is 0.0411. The van der Waals surface area contributed by atoms with E-state index in [0.29, 0.717) is 19.5 Å². The highest BCUT2D eigenvalue weighted by Gasteiger charge is 2.23. The second-order valence-electron chi connectivity index (χ2n) is 3.96. The summed E-state index contributed by atoms with van der Waals surface area (Å²) in [7, 11) is 0. The molecule has 2 atom stereocenters. The van der Waals surface area contributed by atoms with Gasteiger partial charge in [0, 0.05) is 19.6 Å². The molecule has 0 aliphatic rings. The van der Waals surface area contributed by atoms with Crippen LogP contribution in [-0.4, -0.2) is 41.5 Å². The van der Waals surface area contributed by atoms with Gasteiger partial charge in [0.15, 0.2) is 0 Å². The average Bonchev–Trinajstić information content (AvgIpc) is 2.26. The highest BCUT2D eigenvalue weighted by molar-refractivity contribution is 5.80. The Balaban J connectivity index is 4.48. The molecular formula is C11H22N2O3. The van der Waals surface area contributed by atoms with Crippen LogP contribution in [-0.2, 0) is 9.59 Å². The van der Waals surface area contributed by atoms with Crippen LogP contribution in [0.5, 0.6) is 0 Å². The molecule has 0 rings (SSSR count). The van der Waals surface area contributed by atoms with Gasteiger partial charge in [-0.1, -0.05) is 13.8 Å². The lowest BCUT2D eigenvalue weighted by Gasteiger charge is -2.26. The van der Waals surface area contributed by atoms with Gasteiger partial charge in [-0.25, -0.2) is 0 Å². The van der Waals surface area contributed by atoms with E-state index in [4.69, 9.17) is 10.8 Å². The van der Waals surface area contributed by atoms with Crippen LogP contribution >= 0.6 is 0 Å². The van der Waals surface area contributed by atoms with Crippen LogP contribution in [0.1, 0.15) is 27.2 Å². The summed E-state index contributed by atoms with van der Waals surface area (Å²) >= 11 is 0. The number of carbonyl (C=O) groups is 2. The van der Waals surface area contributed by atoms with Crippen molar-refractivity contribution in [1.29, 1.82) is 0 Å². The van der Waals surface area contributed by atoms with E-state index in [1.54, 1.807) is 11.8 Å². The van der Waals surface area contributed by atoms with E-state index < -0.39 is 11.9 Å². The molecule has 0 aromatic carbocycles. The molecule has 0 aliphatic carbocycles. The molecule has 94 valence electrons. The molecule has 5 nitrogen and oxygen atoms in total. The quantitative estimate of drug-likeness (QED) is 0.668. The highest BCUT2D eigenvalue weighted by Crippen LogP contribution is 2.09. The smallest absolute Gasteiger partial charge is 0.308 e. The van der Waals surface area contributed by atoms with E-state index in [0.717, 1.165) is 0 Å². The molecule has 2 unspecified atom stereocenters. The van der Waals surface area contributed by atoms with Gasteiger partial charge in [-0.2, -0.15) is 0 Å². The van der Waals surface area contributed by atoms with Crippen LogP contribution in [0.3, 0.4) is 0 Å². The third-order valence-electron chi connectivity index (χ3n) is 2.74. The number of carboxylic acids is 1. The van der Waals surface area contributed by atoms with Gasteiger partial charge in [-0.15, -0.1) is 0 Å². The lowest BCUT2D eigenvalue weighted by molar-refractivity contribution is -0.143. The number of carbonyl (C=O) groups excluding carboxylic acids is 1. The topological polar surface area (TPSA) is 83.6 Å². The van der Waals surface area contributed by atoms with E-state index in [1.165, 1.54) is 0 Å². The SMILES string of the molecule is CCC(CN)C(=O)N(CC)CC(C)C(=O)O. The first-order valence-electron chi connectivity index (χ1n) is 5.69. The molecule has 0 saturated carbocycles. The van der Waals surface area contributed by atoms with Crippen LogP contribution in [0.25, 0.3) is 0 Å². The zero-order valence-electron chi connectivity index (χ0n) is 10.3. The molecule has 1 amide bonds. The van der Waals surface area contributed by atoms with Gasteiger partial charge < -0.3 is 15.7 Å². The van der Waals surface area contributed by atoms with Gasteiger partial charge in [-0.05, 0) is 13.3 Å². The number of hydrogen-bond donors (Lipinski definition) is 2. The molecular weight excluding hydrogens is 208 g/mol. The Labute approximate surface area is 96.6 Å². The first kappa shape index (κ1) is 14.9. The second kappa shape index (κ2) is 7.22. The Morgan fingerprint density at radius 2 is 1.94 bits per heavy atom. The van der Waals surface area contributed by atoms with Crippen molar-refractivity contribution in [1.82, 2.24) is 4.90 Å². The van der Waals surface area contributed by atoms with Crippen molar-refractivity contribution in [2.75, 3.05) is 19.6 Å². The predicted octanol–water partition coefficient (Wildman–Crippen LogP) is 0.540. The molecule has 0 radical (unpaired) electrons. The Morgan fingerprint density at radius 3 is 2.25 bits per heavy atom. The lowest BCUT2D eigenvalue weighted by Crippen LogP contribution is -2.42. The zero-order valence-corrected chi connectivity index (χ0v) is 10.3. The van der Waals surface area contributed by atoms with Crippen LogP contribution in [0, 0.1) is 11.8 Å². The number of carboxylic acid groups (broad SMARTS) is 1. The standard InChI is InChI=1S/C11H22N2O3/c1-4-9(6-12)10(14)13(5-2)7-8(3)11(15)16/h8-9H,4-7,12H2,1-3H3,(H,15,16). The first-order valence-corrected chi connectivity index (χ1v) is 5.69.